The molecule has 106 valence electrons. The molecule has 7 heteroatoms. The summed E-state index contributed by atoms with van der Waals surface area (Å²) < 4.78 is 5.51. The number of hydrogen-bond acceptors (Lipinski definition) is 5. The molecule has 6 nitrogen and oxygen atoms in total. The predicted octanol–water partition coefficient (Wildman–Crippen LogP) is 3.40. The van der Waals surface area contributed by atoms with Crippen LogP contribution in [0.25, 0.3) is 0 Å². The number of nitrogens with zero attached hydrogens (tertiary/aromatic N) is 2. The molecule has 0 bridgehead atoms. The Morgan fingerprint density at radius 3 is 2.57 bits per heavy atom. The van der Waals surface area contributed by atoms with Crippen LogP contribution in [-0.2, 0) is 6.61 Å². The summed E-state index contributed by atoms with van der Waals surface area (Å²) in [5.74, 6) is 0.459. The molecule has 0 heterocycles. The monoisotopic (exact) mass is 304 g/mol. The van der Waals surface area contributed by atoms with Crippen LogP contribution in [0.3, 0.4) is 0 Å². The fraction of sp³-hybridized carbons (Fsp3) is 0.0714. The number of aliphatic hydroxyl groups excluding tert-OH is 1. The number of halogens is 1. The SMILES string of the molecule is N#Cc1cc(CO)ccc1Oc1ccc([N+](=O)[O-])cc1Cl. The Morgan fingerprint density at radius 1 is 1.29 bits per heavy atom. The van der Waals surface area contributed by atoms with E-state index in [1.54, 1.807) is 6.07 Å². The number of ether oxygens (including phenoxy) is 1. The van der Waals surface area contributed by atoms with Crippen molar-refractivity contribution in [2.24, 2.45) is 0 Å². The molecule has 0 aliphatic heterocycles. The molecule has 0 atom stereocenters. The first-order valence-corrected chi connectivity index (χ1v) is 6.18. The van der Waals surface area contributed by atoms with E-state index < -0.39 is 4.92 Å². The molecule has 0 spiro atoms. The van der Waals surface area contributed by atoms with Crippen molar-refractivity contribution >= 4 is 17.3 Å². The first-order valence-electron chi connectivity index (χ1n) is 5.81. The number of hydrogen-bond donors (Lipinski definition) is 1. The summed E-state index contributed by atoms with van der Waals surface area (Å²) in [4.78, 5) is 10.1. The number of nitro groups is 1. The molecule has 21 heavy (non-hydrogen) atoms. The number of rotatable bonds is 4. The van der Waals surface area contributed by atoms with Crippen LogP contribution in [0.1, 0.15) is 11.1 Å². The van der Waals surface area contributed by atoms with Crippen molar-refractivity contribution in [3.63, 3.8) is 0 Å². The third kappa shape index (κ3) is 3.28. The molecule has 0 saturated carbocycles. The smallest absolute Gasteiger partial charge is 0.271 e. The Morgan fingerprint density at radius 2 is 2.00 bits per heavy atom. The molecule has 0 aliphatic carbocycles. The van der Waals surface area contributed by atoms with Gasteiger partial charge in [-0.05, 0) is 23.8 Å². The summed E-state index contributed by atoms with van der Waals surface area (Å²) in [5, 5.41) is 28.8. The average molecular weight is 305 g/mol. The van der Waals surface area contributed by atoms with Crippen LogP contribution < -0.4 is 4.74 Å². The van der Waals surface area contributed by atoms with Crippen LogP contribution >= 0.6 is 11.6 Å². The standard InChI is InChI=1S/C14H9ClN2O4/c15-12-6-11(17(19)20)2-4-14(12)21-13-3-1-9(8-18)5-10(13)7-16/h1-6,18H,8H2. The van der Waals surface area contributed by atoms with Gasteiger partial charge in [0.25, 0.3) is 5.69 Å². The lowest BCUT2D eigenvalue weighted by molar-refractivity contribution is -0.384. The summed E-state index contributed by atoms with van der Waals surface area (Å²) in [7, 11) is 0. The number of nitro benzene ring substituents is 1. The van der Waals surface area contributed by atoms with Crippen LogP contribution in [0.2, 0.25) is 5.02 Å². The zero-order chi connectivity index (χ0) is 15.4. The lowest BCUT2D eigenvalue weighted by Gasteiger charge is -2.09. The highest BCUT2D eigenvalue weighted by atomic mass is 35.5. The van der Waals surface area contributed by atoms with Crippen molar-refractivity contribution in [2.45, 2.75) is 6.61 Å². The van der Waals surface area contributed by atoms with Crippen LogP contribution in [0.5, 0.6) is 11.5 Å². The lowest BCUT2D eigenvalue weighted by atomic mass is 10.1. The van der Waals surface area contributed by atoms with Crippen molar-refractivity contribution < 1.29 is 14.8 Å². The second kappa shape index (κ2) is 6.22. The topological polar surface area (TPSA) is 96.4 Å². The predicted molar refractivity (Wildman–Crippen MR) is 75.3 cm³/mol. The van der Waals surface area contributed by atoms with Gasteiger partial charge in [-0.25, -0.2) is 0 Å². The van der Waals surface area contributed by atoms with Gasteiger partial charge in [-0.3, -0.25) is 10.1 Å². The maximum atomic E-state index is 10.6. The van der Waals surface area contributed by atoms with Gasteiger partial charge >= 0.3 is 0 Å². The minimum Gasteiger partial charge on any atom is -0.454 e. The van der Waals surface area contributed by atoms with E-state index in [0.717, 1.165) is 0 Å². The molecule has 2 aromatic rings. The Bertz CT molecular complexity index is 740. The Balaban J connectivity index is 2.34. The summed E-state index contributed by atoms with van der Waals surface area (Å²) in [6, 6.07) is 10.4. The van der Waals surface area contributed by atoms with Crippen LogP contribution in [0.4, 0.5) is 5.69 Å². The molecule has 0 saturated heterocycles. The average Bonchev–Trinajstić information content (AvgIpc) is 2.49. The molecular weight excluding hydrogens is 296 g/mol. The third-order valence-electron chi connectivity index (χ3n) is 2.69. The Kier molecular flexibility index (Phi) is 4.38. The van der Waals surface area contributed by atoms with E-state index in [2.05, 4.69) is 0 Å². The molecule has 0 aliphatic rings. The highest BCUT2D eigenvalue weighted by Gasteiger charge is 2.13. The van der Waals surface area contributed by atoms with E-state index in [9.17, 15) is 10.1 Å². The summed E-state index contributed by atoms with van der Waals surface area (Å²) in [6.45, 7) is -0.187. The molecule has 0 radical (unpaired) electrons. The maximum absolute atomic E-state index is 10.6. The van der Waals surface area contributed by atoms with Gasteiger partial charge in [-0.1, -0.05) is 17.7 Å². The molecule has 2 rings (SSSR count). The van der Waals surface area contributed by atoms with E-state index in [-0.39, 0.29) is 34.4 Å². The first kappa shape index (κ1) is 14.8. The summed E-state index contributed by atoms with van der Waals surface area (Å²) in [5.41, 5.74) is 0.660. The van der Waals surface area contributed by atoms with Crippen molar-refractivity contribution in [1.29, 1.82) is 5.26 Å². The van der Waals surface area contributed by atoms with Gasteiger partial charge in [0.15, 0.2) is 0 Å². The highest BCUT2D eigenvalue weighted by molar-refractivity contribution is 6.32. The van der Waals surface area contributed by atoms with Gasteiger partial charge in [0.2, 0.25) is 0 Å². The van der Waals surface area contributed by atoms with Gasteiger partial charge in [0.1, 0.15) is 17.6 Å². The summed E-state index contributed by atoms with van der Waals surface area (Å²) in [6.07, 6.45) is 0. The van der Waals surface area contributed by atoms with E-state index in [0.29, 0.717) is 5.56 Å². The molecular formula is C14H9ClN2O4. The minimum atomic E-state index is -0.563. The van der Waals surface area contributed by atoms with Crippen LogP contribution in [0, 0.1) is 21.4 Å². The van der Waals surface area contributed by atoms with Gasteiger partial charge in [0, 0.05) is 12.1 Å². The van der Waals surface area contributed by atoms with Crippen LogP contribution in [-0.4, -0.2) is 10.0 Å². The number of aliphatic hydroxyl groups is 1. The second-order valence-electron chi connectivity index (χ2n) is 4.07. The number of non-ortho nitro benzene ring substituents is 1. The number of nitriles is 1. The fourth-order valence-electron chi connectivity index (χ4n) is 1.66. The molecule has 0 aromatic heterocycles. The molecule has 0 amide bonds. The second-order valence-corrected chi connectivity index (χ2v) is 4.48. The van der Waals surface area contributed by atoms with Gasteiger partial charge in [-0.2, -0.15) is 5.26 Å². The Labute approximate surface area is 124 Å². The van der Waals surface area contributed by atoms with Crippen molar-refractivity contribution in [2.75, 3.05) is 0 Å². The zero-order valence-electron chi connectivity index (χ0n) is 10.6. The minimum absolute atomic E-state index is 0.0688. The van der Waals surface area contributed by atoms with Crippen LogP contribution in [0.15, 0.2) is 36.4 Å². The van der Waals surface area contributed by atoms with Crippen molar-refractivity contribution in [3.05, 3.63) is 62.7 Å². The molecule has 1 N–H and O–H groups in total. The molecule has 2 aromatic carbocycles. The van der Waals surface area contributed by atoms with Gasteiger partial charge < -0.3 is 9.84 Å². The van der Waals surface area contributed by atoms with Gasteiger partial charge in [0.05, 0.1) is 22.1 Å². The fourth-order valence-corrected chi connectivity index (χ4v) is 1.87. The highest BCUT2D eigenvalue weighted by Crippen LogP contribution is 2.33. The number of benzene rings is 2. The largest absolute Gasteiger partial charge is 0.454 e. The van der Waals surface area contributed by atoms with E-state index in [1.807, 2.05) is 6.07 Å². The third-order valence-corrected chi connectivity index (χ3v) is 2.99. The molecule has 0 unspecified atom stereocenters. The molecule has 0 fully saturated rings. The quantitative estimate of drug-likeness (QED) is 0.689. The van der Waals surface area contributed by atoms with E-state index >= 15 is 0 Å². The first-order chi connectivity index (χ1) is 10.0. The lowest BCUT2D eigenvalue weighted by Crippen LogP contribution is -1.93. The van der Waals surface area contributed by atoms with E-state index in [4.69, 9.17) is 26.7 Å². The van der Waals surface area contributed by atoms with Crippen molar-refractivity contribution in [3.8, 4) is 17.6 Å². The van der Waals surface area contributed by atoms with Gasteiger partial charge in [-0.15, -0.1) is 0 Å². The summed E-state index contributed by atoms with van der Waals surface area (Å²) >= 11 is 5.93. The normalized spacial score (nSPS) is 9.95. The Hall–Kier alpha value is -2.62. The van der Waals surface area contributed by atoms with Crippen molar-refractivity contribution in [1.82, 2.24) is 0 Å². The maximum Gasteiger partial charge on any atom is 0.271 e. The van der Waals surface area contributed by atoms with E-state index in [1.165, 1.54) is 30.3 Å². The zero-order valence-corrected chi connectivity index (χ0v) is 11.4.